The van der Waals surface area contributed by atoms with Crippen molar-refractivity contribution in [1.82, 2.24) is 0 Å². The van der Waals surface area contributed by atoms with Gasteiger partial charge in [-0.25, -0.2) is 6.57 Å². The van der Waals surface area contributed by atoms with Gasteiger partial charge >= 0.3 is 0 Å². The molecule has 1 aliphatic rings. The molecule has 12 heavy (non-hydrogen) atoms. The van der Waals surface area contributed by atoms with Gasteiger partial charge in [-0.3, -0.25) is 0 Å². The smallest absolute Gasteiger partial charge is 0.245 e. The van der Waals surface area contributed by atoms with Gasteiger partial charge in [0.2, 0.25) is 6.54 Å². The fraction of sp³-hybridized carbons (Fsp3) is 0.889. The molecule has 3 nitrogen and oxygen atoms in total. The Bertz CT molecular complexity index is 162. The lowest BCUT2D eigenvalue weighted by molar-refractivity contribution is -0.104. The van der Waals surface area contributed by atoms with Crippen molar-refractivity contribution in [3.8, 4) is 0 Å². The topological polar surface area (TPSA) is 22.8 Å². The molecular weight excluding hydrogens is 154 g/mol. The summed E-state index contributed by atoms with van der Waals surface area (Å²) in [4.78, 5) is 3.40. The number of ether oxygens (including phenoxy) is 2. The second-order valence-electron chi connectivity index (χ2n) is 3.24. The van der Waals surface area contributed by atoms with Gasteiger partial charge in [-0.15, -0.1) is 0 Å². The summed E-state index contributed by atoms with van der Waals surface area (Å²) in [5, 5.41) is 0. The summed E-state index contributed by atoms with van der Waals surface area (Å²) in [6.45, 7) is 8.59. The second kappa shape index (κ2) is 4.44. The van der Waals surface area contributed by atoms with Gasteiger partial charge in [0.1, 0.15) is 0 Å². The largest absolute Gasteiger partial charge is 0.381 e. The zero-order chi connectivity index (χ0) is 8.86. The highest BCUT2D eigenvalue weighted by atomic mass is 16.5. The first kappa shape index (κ1) is 9.50. The van der Waals surface area contributed by atoms with Gasteiger partial charge in [0, 0.05) is 13.7 Å². The van der Waals surface area contributed by atoms with Gasteiger partial charge < -0.3 is 14.3 Å². The maximum Gasteiger partial charge on any atom is 0.245 e. The molecule has 1 saturated heterocycles. The number of rotatable bonds is 3. The van der Waals surface area contributed by atoms with Gasteiger partial charge in [0.15, 0.2) is 5.60 Å². The van der Waals surface area contributed by atoms with Gasteiger partial charge in [-0.05, 0) is 19.3 Å². The molecule has 1 heterocycles. The van der Waals surface area contributed by atoms with Gasteiger partial charge in [0.25, 0.3) is 0 Å². The zero-order valence-corrected chi connectivity index (χ0v) is 7.51. The van der Waals surface area contributed by atoms with E-state index in [0.717, 1.165) is 25.9 Å². The molecule has 0 aliphatic carbocycles. The molecule has 1 atom stereocenters. The molecule has 0 aromatic heterocycles. The van der Waals surface area contributed by atoms with Crippen LogP contribution in [-0.4, -0.2) is 32.5 Å². The highest BCUT2D eigenvalue weighted by molar-refractivity contribution is 4.90. The molecule has 0 aromatic rings. The van der Waals surface area contributed by atoms with Crippen LogP contribution in [0, 0.1) is 6.57 Å². The van der Waals surface area contributed by atoms with E-state index in [1.54, 1.807) is 7.11 Å². The average Bonchev–Trinajstić information content (AvgIpc) is 2.07. The minimum Gasteiger partial charge on any atom is -0.381 e. The van der Waals surface area contributed by atoms with Crippen LogP contribution >= 0.6 is 0 Å². The van der Waals surface area contributed by atoms with Crippen molar-refractivity contribution >= 4 is 0 Å². The van der Waals surface area contributed by atoms with Gasteiger partial charge in [-0.1, -0.05) is 0 Å². The van der Waals surface area contributed by atoms with Crippen LogP contribution in [0.2, 0.25) is 0 Å². The third-order valence-electron chi connectivity index (χ3n) is 2.21. The van der Waals surface area contributed by atoms with E-state index < -0.39 is 0 Å². The van der Waals surface area contributed by atoms with Crippen LogP contribution in [-0.2, 0) is 9.47 Å². The Labute approximate surface area is 73.5 Å². The molecule has 0 bridgehead atoms. The summed E-state index contributed by atoms with van der Waals surface area (Å²) in [5.41, 5.74) is -0.297. The van der Waals surface area contributed by atoms with E-state index in [9.17, 15) is 0 Å². The maximum absolute atomic E-state index is 6.83. The minimum atomic E-state index is -0.297. The first-order valence-electron chi connectivity index (χ1n) is 4.29. The van der Waals surface area contributed by atoms with Gasteiger partial charge in [-0.2, -0.15) is 0 Å². The lowest BCUT2D eigenvalue weighted by Gasteiger charge is -2.32. The summed E-state index contributed by atoms with van der Waals surface area (Å²) in [6, 6.07) is 0. The number of hydrogen-bond acceptors (Lipinski definition) is 2. The second-order valence-corrected chi connectivity index (χ2v) is 3.24. The first-order valence-corrected chi connectivity index (χ1v) is 4.29. The normalized spacial score (nSPS) is 29.7. The predicted molar refractivity (Wildman–Crippen MR) is 45.9 cm³/mol. The van der Waals surface area contributed by atoms with Crippen molar-refractivity contribution in [1.29, 1.82) is 0 Å². The number of nitrogens with zero attached hydrogens (tertiary/aromatic N) is 1. The van der Waals surface area contributed by atoms with E-state index in [-0.39, 0.29) is 5.60 Å². The van der Waals surface area contributed by atoms with Crippen molar-refractivity contribution in [3.05, 3.63) is 11.4 Å². The summed E-state index contributed by atoms with van der Waals surface area (Å²) < 4.78 is 10.7. The lowest BCUT2D eigenvalue weighted by atomic mass is 9.95. The van der Waals surface area contributed by atoms with E-state index in [1.165, 1.54) is 0 Å². The molecular formula is C9H15NO2. The average molecular weight is 169 g/mol. The monoisotopic (exact) mass is 169 g/mol. The summed E-state index contributed by atoms with van der Waals surface area (Å²) in [7, 11) is 1.66. The van der Waals surface area contributed by atoms with Crippen molar-refractivity contribution in [2.75, 3.05) is 26.9 Å². The molecule has 0 saturated carbocycles. The Morgan fingerprint density at radius 1 is 1.58 bits per heavy atom. The Morgan fingerprint density at radius 2 is 2.42 bits per heavy atom. The van der Waals surface area contributed by atoms with Crippen LogP contribution < -0.4 is 0 Å². The zero-order valence-electron chi connectivity index (χ0n) is 7.51. The molecule has 0 aromatic carbocycles. The van der Waals surface area contributed by atoms with E-state index in [0.29, 0.717) is 13.2 Å². The van der Waals surface area contributed by atoms with Crippen LogP contribution in [0.25, 0.3) is 4.85 Å². The lowest BCUT2D eigenvalue weighted by Crippen LogP contribution is -2.43. The summed E-state index contributed by atoms with van der Waals surface area (Å²) in [6.07, 6.45) is 3.23. The fourth-order valence-corrected chi connectivity index (χ4v) is 1.60. The van der Waals surface area contributed by atoms with Crippen LogP contribution in [0.3, 0.4) is 0 Å². The summed E-state index contributed by atoms with van der Waals surface area (Å²) >= 11 is 0. The van der Waals surface area contributed by atoms with E-state index >= 15 is 0 Å². The predicted octanol–water partition coefficient (Wildman–Crippen LogP) is 1.49. The van der Waals surface area contributed by atoms with Crippen LogP contribution in [0.4, 0.5) is 0 Å². The third kappa shape index (κ3) is 2.20. The Morgan fingerprint density at radius 3 is 2.92 bits per heavy atom. The fourth-order valence-electron chi connectivity index (χ4n) is 1.60. The minimum absolute atomic E-state index is 0.297. The number of methoxy groups -OCH3 is 1. The van der Waals surface area contributed by atoms with Crippen molar-refractivity contribution < 1.29 is 9.47 Å². The molecule has 1 rings (SSSR count). The van der Waals surface area contributed by atoms with Crippen molar-refractivity contribution in [3.63, 3.8) is 0 Å². The summed E-state index contributed by atoms with van der Waals surface area (Å²) in [5.74, 6) is 0. The molecule has 3 heteroatoms. The quantitative estimate of drug-likeness (QED) is 0.597. The molecule has 0 radical (unpaired) electrons. The Hall–Kier alpha value is -0.590. The molecule has 0 N–H and O–H groups in total. The van der Waals surface area contributed by atoms with Crippen LogP contribution in [0.15, 0.2) is 0 Å². The maximum atomic E-state index is 6.83. The SMILES string of the molecule is [C-]#[N+]CC1(COC)CCCCO1. The molecule has 0 spiro atoms. The van der Waals surface area contributed by atoms with E-state index in [1.807, 2.05) is 0 Å². The standard InChI is InChI=1S/C9H15NO2/c1-10-7-9(8-11-2)5-3-4-6-12-9/h3-8H2,2H3. The van der Waals surface area contributed by atoms with Crippen LogP contribution in [0.5, 0.6) is 0 Å². The molecule has 1 aliphatic heterocycles. The van der Waals surface area contributed by atoms with Crippen molar-refractivity contribution in [2.45, 2.75) is 24.9 Å². The van der Waals surface area contributed by atoms with Crippen LogP contribution in [0.1, 0.15) is 19.3 Å². The van der Waals surface area contributed by atoms with Gasteiger partial charge in [0.05, 0.1) is 6.61 Å². The Balaban J connectivity index is 2.51. The van der Waals surface area contributed by atoms with E-state index in [4.69, 9.17) is 16.0 Å². The molecule has 0 amide bonds. The molecule has 1 fully saturated rings. The van der Waals surface area contributed by atoms with E-state index in [2.05, 4.69) is 4.85 Å². The highest BCUT2D eigenvalue weighted by Gasteiger charge is 2.36. The molecule has 1 unspecified atom stereocenters. The Kier molecular flexibility index (Phi) is 3.51. The highest BCUT2D eigenvalue weighted by Crippen LogP contribution is 2.25. The first-order chi connectivity index (χ1) is 5.83. The van der Waals surface area contributed by atoms with Crippen molar-refractivity contribution in [2.24, 2.45) is 0 Å². The third-order valence-corrected chi connectivity index (χ3v) is 2.21. The number of hydrogen-bond donors (Lipinski definition) is 0. The molecule has 68 valence electrons.